The summed E-state index contributed by atoms with van der Waals surface area (Å²) in [6.07, 6.45) is 5.00. The summed E-state index contributed by atoms with van der Waals surface area (Å²) in [6, 6.07) is 20.5. The highest BCUT2D eigenvalue weighted by atomic mass is 35.5. The van der Waals surface area contributed by atoms with E-state index in [1.54, 1.807) is 30.0 Å². The van der Waals surface area contributed by atoms with Crippen LogP contribution in [-0.2, 0) is 4.79 Å². The Kier molecular flexibility index (Phi) is 7.38. The number of hydrogen-bond acceptors (Lipinski definition) is 5. The molecule has 0 radical (unpaired) electrons. The monoisotopic (exact) mass is 489 g/mol. The Bertz CT molecular complexity index is 1370. The van der Waals surface area contributed by atoms with Crippen LogP contribution in [0.5, 0.6) is 17.2 Å². The normalized spacial score (nSPS) is 10.9. The van der Waals surface area contributed by atoms with Crippen molar-refractivity contribution in [3.63, 3.8) is 0 Å². The van der Waals surface area contributed by atoms with Crippen molar-refractivity contribution >= 4 is 29.3 Å². The summed E-state index contributed by atoms with van der Waals surface area (Å²) < 4.78 is 17.8. The van der Waals surface area contributed by atoms with Gasteiger partial charge >= 0.3 is 0 Å². The molecule has 0 atom stereocenters. The first-order valence-corrected chi connectivity index (χ1v) is 11.1. The Morgan fingerprint density at radius 1 is 0.914 bits per heavy atom. The predicted molar refractivity (Wildman–Crippen MR) is 138 cm³/mol. The molecule has 35 heavy (non-hydrogen) atoms. The number of anilines is 1. The molecule has 0 fully saturated rings. The molecule has 0 bridgehead atoms. The largest absolute Gasteiger partial charge is 0.496 e. The number of ether oxygens (including phenoxy) is 3. The van der Waals surface area contributed by atoms with Gasteiger partial charge in [-0.3, -0.25) is 4.79 Å². The zero-order valence-corrected chi connectivity index (χ0v) is 20.2. The Hall–Kier alpha value is -4.23. The number of carbonyl (C=O) groups excluding carboxylic acids is 1. The van der Waals surface area contributed by atoms with Crippen molar-refractivity contribution in [2.75, 3.05) is 26.6 Å². The van der Waals surface area contributed by atoms with Gasteiger partial charge < -0.3 is 19.5 Å². The first-order valence-electron chi connectivity index (χ1n) is 10.7. The van der Waals surface area contributed by atoms with E-state index in [0.717, 1.165) is 16.8 Å². The van der Waals surface area contributed by atoms with Crippen LogP contribution < -0.4 is 19.5 Å². The second-order valence-corrected chi connectivity index (χ2v) is 7.83. The summed E-state index contributed by atoms with van der Waals surface area (Å²) in [7, 11) is 4.65. The summed E-state index contributed by atoms with van der Waals surface area (Å²) >= 11 is 6.31. The number of halogens is 1. The second kappa shape index (κ2) is 10.8. The minimum Gasteiger partial charge on any atom is -0.496 e. The molecule has 1 N–H and O–H groups in total. The smallest absolute Gasteiger partial charge is 0.248 e. The van der Waals surface area contributed by atoms with E-state index >= 15 is 0 Å². The average molecular weight is 490 g/mol. The lowest BCUT2D eigenvalue weighted by Crippen LogP contribution is -2.08. The van der Waals surface area contributed by atoms with E-state index in [9.17, 15) is 4.79 Å². The van der Waals surface area contributed by atoms with E-state index in [4.69, 9.17) is 30.9 Å². The van der Waals surface area contributed by atoms with Crippen LogP contribution in [-0.4, -0.2) is 37.0 Å². The molecule has 3 aromatic carbocycles. The van der Waals surface area contributed by atoms with Crippen LogP contribution in [0.3, 0.4) is 0 Å². The van der Waals surface area contributed by atoms with Crippen molar-refractivity contribution in [1.29, 1.82) is 0 Å². The summed E-state index contributed by atoms with van der Waals surface area (Å²) in [5.74, 6) is 1.25. The van der Waals surface area contributed by atoms with Gasteiger partial charge in [-0.2, -0.15) is 5.10 Å². The Morgan fingerprint density at radius 2 is 1.57 bits per heavy atom. The molecule has 8 heteroatoms. The number of para-hydroxylation sites is 2. The van der Waals surface area contributed by atoms with Gasteiger partial charge in [-0.05, 0) is 30.3 Å². The Morgan fingerprint density at radius 3 is 2.29 bits per heavy atom. The molecule has 0 saturated heterocycles. The molecule has 0 saturated carbocycles. The topological polar surface area (TPSA) is 74.6 Å². The third-order valence-corrected chi connectivity index (χ3v) is 5.58. The van der Waals surface area contributed by atoms with Crippen LogP contribution in [0.4, 0.5) is 5.69 Å². The molecule has 0 spiro atoms. The Balaban J connectivity index is 1.67. The van der Waals surface area contributed by atoms with Gasteiger partial charge in [0, 0.05) is 35.5 Å². The van der Waals surface area contributed by atoms with Crippen LogP contribution in [0, 0.1) is 0 Å². The molecule has 0 aliphatic carbocycles. The number of carbonyl (C=O) groups is 1. The fraction of sp³-hybridized carbons (Fsp3) is 0.111. The average Bonchev–Trinajstić information content (AvgIpc) is 3.33. The Labute approximate surface area is 208 Å². The molecule has 178 valence electrons. The maximum atomic E-state index is 12.8. The van der Waals surface area contributed by atoms with Crippen molar-refractivity contribution in [2.24, 2.45) is 0 Å². The summed E-state index contributed by atoms with van der Waals surface area (Å²) in [5, 5.41) is 7.89. The molecular weight excluding hydrogens is 466 g/mol. The van der Waals surface area contributed by atoms with Crippen molar-refractivity contribution in [1.82, 2.24) is 9.78 Å². The number of methoxy groups -OCH3 is 3. The quantitative estimate of drug-likeness (QED) is 0.313. The second-order valence-electron chi connectivity index (χ2n) is 7.42. The molecule has 4 aromatic rings. The predicted octanol–water partition coefficient (Wildman–Crippen LogP) is 5.87. The zero-order chi connectivity index (χ0) is 24.8. The van der Waals surface area contributed by atoms with Gasteiger partial charge in [0.05, 0.1) is 37.7 Å². The van der Waals surface area contributed by atoms with Gasteiger partial charge in [0.2, 0.25) is 5.91 Å². The fourth-order valence-corrected chi connectivity index (χ4v) is 3.76. The van der Waals surface area contributed by atoms with Gasteiger partial charge in [0.1, 0.15) is 11.4 Å². The first-order chi connectivity index (χ1) is 17.0. The molecule has 1 aromatic heterocycles. The summed E-state index contributed by atoms with van der Waals surface area (Å²) in [5.41, 5.74) is 3.54. The van der Waals surface area contributed by atoms with Crippen LogP contribution in [0.15, 0.2) is 79.0 Å². The lowest BCUT2D eigenvalue weighted by Gasteiger charge is -2.11. The van der Waals surface area contributed by atoms with E-state index in [1.807, 2.05) is 60.8 Å². The lowest BCUT2D eigenvalue weighted by atomic mass is 10.1. The van der Waals surface area contributed by atoms with E-state index < -0.39 is 0 Å². The van der Waals surface area contributed by atoms with Crippen molar-refractivity contribution in [3.05, 3.63) is 89.6 Å². The molecule has 0 aliphatic rings. The highest BCUT2D eigenvalue weighted by molar-refractivity contribution is 6.34. The standard InChI is InChI=1S/C27H24ClN3O4/c1-33-23-12-8-7-11-20(23)27-18(17-31(30-27)19-9-5-4-6-10-19)13-14-26(32)29-22-16-25(35-3)24(34-2)15-21(22)28/h4-17H,1-3H3,(H,29,32)/b14-13+. The molecule has 4 rings (SSSR count). The summed E-state index contributed by atoms with van der Waals surface area (Å²) in [4.78, 5) is 12.8. The van der Waals surface area contributed by atoms with Crippen LogP contribution in [0.2, 0.25) is 5.02 Å². The van der Waals surface area contributed by atoms with E-state index in [1.165, 1.54) is 20.3 Å². The van der Waals surface area contributed by atoms with Gasteiger partial charge in [0.25, 0.3) is 0 Å². The highest BCUT2D eigenvalue weighted by Gasteiger charge is 2.15. The summed E-state index contributed by atoms with van der Waals surface area (Å²) in [6.45, 7) is 0. The minimum atomic E-state index is -0.363. The number of rotatable bonds is 8. The molecule has 0 aliphatic heterocycles. The van der Waals surface area contributed by atoms with Crippen molar-refractivity contribution in [3.8, 4) is 34.2 Å². The van der Waals surface area contributed by atoms with Crippen LogP contribution >= 0.6 is 11.6 Å². The fourth-order valence-electron chi connectivity index (χ4n) is 3.56. The minimum absolute atomic E-state index is 0.330. The molecule has 7 nitrogen and oxygen atoms in total. The van der Waals surface area contributed by atoms with E-state index in [0.29, 0.717) is 33.7 Å². The number of amides is 1. The lowest BCUT2D eigenvalue weighted by molar-refractivity contribution is -0.111. The van der Waals surface area contributed by atoms with Gasteiger partial charge in [0.15, 0.2) is 11.5 Å². The maximum absolute atomic E-state index is 12.8. The van der Waals surface area contributed by atoms with Crippen LogP contribution in [0.25, 0.3) is 23.0 Å². The number of aromatic nitrogens is 2. The van der Waals surface area contributed by atoms with Gasteiger partial charge in [-0.15, -0.1) is 0 Å². The van der Waals surface area contributed by atoms with E-state index in [-0.39, 0.29) is 5.91 Å². The SMILES string of the molecule is COc1cc(Cl)c(NC(=O)/C=C/c2cn(-c3ccccc3)nc2-c2ccccc2OC)cc1OC. The third kappa shape index (κ3) is 5.31. The number of benzene rings is 3. The third-order valence-electron chi connectivity index (χ3n) is 5.27. The molecule has 1 heterocycles. The zero-order valence-electron chi connectivity index (χ0n) is 19.5. The first kappa shape index (κ1) is 23.9. The molecular formula is C27H24ClN3O4. The maximum Gasteiger partial charge on any atom is 0.248 e. The number of nitrogens with zero attached hydrogens (tertiary/aromatic N) is 2. The van der Waals surface area contributed by atoms with E-state index in [2.05, 4.69) is 5.32 Å². The number of nitrogens with one attached hydrogen (secondary N) is 1. The van der Waals surface area contributed by atoms with Crippen molar-refractivity contribution < 1.29 is 19.0 Å². The number of hydrogen-bond donors (Lipinski definition) is 1. The van der Waals surface area contributed by atoms with Crippen LogP contribution in [0.1, 0.15) is 5.56 Å². The molecule has 0 unspecified atom stereocenters. The van der Waals surface area contributed by atoms with Crippen molar-refractivity contribution in [2.45, 2.75) is 0 Å². The van der Waals surface area contributed by atoms with Gasteiger partial charge in [-0.1, -0.05) is 41.9 Å². The van der Waals surface area contributed by atoms with Gasteiger partial charge in [-0.25, -0.2) is 4.68 Å². The highest BCUT2D eigenvalue weighted by Crippen LogP contribution is 2.36. The molecule has 1 amide bonds.